The lowest BCUT2D eigenvalue weighted by Crippen LogP contribution is -2.49. The summed E-state index contributed by atoms with van der Waals surface area (Å²) in [7, 11) is 0. The average molecular weight is 240 g/mol. The van der Waals surface area contributed by atoms with Gasteiger partial charge in [0, 0.05) is 13.0 Å². The summed E-state index contributed by atoms with van der Waals surface area (Å²) < 4.78 is 0. The zero-order chi connectivity index (χ0) is 13.3. The Labute approximate surface area is 102 Å². The number of rotatable bonds is 6. The summed E-state index contributed by atoms with van der Waals surface area (Å²) in [5.74, 6) is 4.40. The second-order valence-electron chi connectivity index (χ2n) is 3.78. The number of hydrogen-bond acceptors (Lipinski definition) is 2. The van der Waals surface area contributed by atoms with Gasteiger partial charge in [-0.3, -0.25) is 0 Å². The molecule has 0 aromatic carbocycles. The first-order chi connectivity index (χ1) is 8.02. The van der Waals surface area contributed by atoms with Crippen molar-refractivity contribution in [2.45, 2.75) is 39.7 Å². The quantitative estimate of drug-likeness (QED) is 0.482. The van der Waals surface area contributed by atoms with E-state index in [2.05, 4.69) is 22.5 Å². The van der Waals surface area contributed by atoms with E-state index in [0.29, 0.717) is 19.4 Å². The maximum absolute atomic E-state index is 11.4. The first-order valence-electron chi connectivity index (χ1n) is 5.69. The molecule has 0 aliphatic heterocycles. The van der Waals surface area contributed by atoms with Crippen LogP contribution in [0.2, 0.25) is 0 Å². The lowest BCUT2D eigenvalue weighted by Gasteiger charge is -2.20. The van der Waals surface area contributed by atoms with Gasteiger partial charge in [0.15, 0.2) is 0 Å². The van der Waals surface area contributed by atoms with Gasteiger partial charge in [-0.25, -0.2) is 9.59 Å². The molecule has 3 N–H and O–H groups in total. The van der Waals surface area contributed by atoms with Crippen molar-refractivity contribution in [2.75, 3.05) is 6.54 Å². The number of aliphatic carboxylic acids is 1. The van der Waals surface area contributed by atoms with Gasteiger partial charge in [-0.1, -0.05) is 20.3 Å². The molecule has 0 saturated carbocycles. The minimum absolute atomic E-state index is 0.103. The van der Waals surface area contributed by atoms with Gasteiger partial charge >= 0.3 is 12.0 Å². The van der Waals surface area contributed by atoms with Crippen molar-refractivity contribution in [3.05, 3.63) is 0 Å². The molecule has 0 aliphatic rings. The topological polar surface area (TPSA) is 78.4 Å². The van der Waals surface area contributed by atoms with Crippen molar-refractivity contribution in [3.8, 4) is 11.8 Å². The number of hydrogen-bond donors (Lipinski definition) is 3. The van der Waals surface area contributed by atoms with Gasteiger partial charge in [0.1, 0.15) is 6.04 Å². The van der Waals surface area contributed by atoms with E-state index in [9.17, 15) is 9.59 Å². The van der Waals surface area contributed by atoms with Crippen LogP contribution < -0.4 is 10.6 Å². The van der Waals surface area contributed by atoms with Gasteiger partial charge in [0.05, 0.1) is 0 Å². The van der Waals surface area contributed by atoms with Crippen molar-refractivity contribution in [3.63, 3.8) is 0 Å². The van der Waals surface area contributed by atoms with Gasteiger partial charge in [0.2, 0.25) is 0 Å². The summed E-state index contributed by atoms with van der Waals surface area (Å²) in [5, 5.41) is 14.0. The van der Waals surface area contributed by atoms with E-state index in [1.54, 1.807) is 13.8 Å². The molecule has 2 unspecified atom stereocenters. The molecule has 0 saturated heterocycles. The Bertz CT molecular complexity index is 317. The molecule has 0 rings (SSSR count). The monoisotopic (exact) mass is 240 g/mol. The average Bonchev–Trinajstić information content (AvgIpc) is 2.30. The first kappa shape index (κ1) is 15.3. The molecule has 0 radical (unpaired) electrons. The number of amides is 2. The minimum Gasteiger partial charge on any atom is -0.480 e. The minimum atomic E-state index is -1.01. The van der Waals surface area contributed by atoms with Crippen LogP contribution in [0.1, 0.15) is 33.6 Å². The molecule has 0 bridgehead atoms. The van der Waals surface area contributed by atoms with E-state index in [-0.39, 0.29) is 5.92 Å². The highest BCUT2D eigenvalue weighted by Gasteiger charge is 2.24. The molecule has 5 nitrogen and oxygen atoms in total. The Hall–Kier alpha value is -1.70. The van der Waals surface area contributed by atoms with E-state index in [1.807, 2.05) is 6.92 Å². The normalized spacial score (nSPS) is 12.9. The van der Waals surface area contributed by atoms with Crippen LogP contribution >= 0.6 is 0 Å². The van der Waals surface area contributed by atoms with Crippen molar-refractivity contribution in [1.29, 1.82) is 0 Å². The summed E-state index contributed by atoms with van der Waals surface area (Å²) in [4.78, 5) is 22.4. The molecule has 96 valence electrons. The highest BCUT2D eigenvalue weighted by atomic mass is 16.4. The van der Waals surface area contributed by atoms with E-state index in [0.717, 1.165) is 0 Å². The van der Waals surface area contributed by atoms with Crippen LogP contribution in [0.25, 0.3) is 0 Å². The van der Waals surface area contributed by atoms with Crippen LogP contribution in [0.5, 0.6) is 0 Å². The third-order valence-electron chi connectivity index (χ3n) is 2.48. The largest absolute Gasteiger partial charge is 0.480 e. The summed E-state index contributed by atoms with van der Waals surface area (Å²) in [6.45, 7) is 5.82. The van der Waals surface area contributed by atoms with Gasteiger partial charge in [-0.05, 0) is 12.8 Å². The van der Waals surface area contributed by atoms with E-state index < -0.39 is 18.0 Å². The fourth-order valence-electron chi connectivity index (χ4n) is 1.24. The standard InChI is InChI=1S/C12H20N2O3/c1-4-6-7-8-13-12(17)14-10(11(15)16)9(3)5-2/h9-10H,5,7-8H2,1-3H3,(H,15,16)(H2,13,14,17). The van der Waals surface area contributed by atoms with Crippen LogP contribution in [0, 0.1) is 17.8 Å². The Morgan fingerprint density at radius 3 is 2.53 bits per heavy atom. The number of urea groups is 1. The van der Waals surface area contributed by atoms with Crippen molar-refractivity contribution < 1.29 is 14.7 Å². The first-order valence-corrected chi connectivity index (χ1v) is 5.69. The molecular weight excluding hydrogens is 220 g/mol. The zero-order valence-corrected chi connectivity index (χ0v) is 10.5. The molecule has 0 spiro atoms. The molecule has 2 atom stereocenters. The number of carboxylic acids is 1. The molecule has 2 amide bonds. The number of carbonyl (C=O) groups excluding carboxylic acids is 1. The van der Waals surface area contributed by atoms with Gasteiger partial charge in [-0.2, -0.15) is 0 Å². The van der Waals surface area contributed by atoms with Crippen molar-refractivity contribution in [2.24, 2.45) is 5.92 Å². The second kappa shape index (κ2) is 8.45. The van der Waals surface area contributed by atoms with E-state index >= 15 is 0 Å². The summed E-state index contributed by atoms with van der Waals surface area (Å²) in [5.41, 5.74) is 0. The fraction of sp³-hybridized carbons (Fsp3) is 0.667. The van der Waals surface area contributed by atoms with Crippen LogP contribution in [0.4, 0.5) is 4.79 Å². The van der Waals surface area contributed by atoms with Crippen LogP contribution in [-0.2, 0) is 4.79 Å². The number of nitrogens with one attached hydrogen (secondary N) is 2. The van der Waals surface area contributed by atoms with Gasteiger partial charge in [0.25, 0.3) is 0 Å². The highest BCUT2D eigenvalue weighted by molar-refractivity contribution is 5.82. The van der Waals surface area contributed by atoms with E-state index in [4.69, 9.17) is 5.11 Å². The maximum Gasteiger partial charge on any atom is 0.326 e. The maximum atomic E-state index is 11.4. The molecule has 17 heavy (non-hydrogen) atoms. The third-order valence-corrected chi connectivity index (χ3v) is 2.48. The molecule has 0 aliphatic carbocycles. The molecule has 0 aromatic heterocycles. The van der Waals surface area contributed by atoms with Crippen molar-refractivity contribution in [1.82, 2.24) is 10.6 Å². The Balaban J connectivity index is 4.12. The third kappa shape index (κ3) is 6.46. The molecule has 5 heteroatoms. The summed E-state index contributed by atoms with van der Waals surface area (Å²) in [6, 6.07) is -1.31. The number of carbonyl (C=O) groups is 2. The number of carboxylic acid groups (broad SMARTS) is 1. The molecule has 0 aromatic rings. The summed E-state index contributed by atoms with van der Waals surface area (Å²) in [6.07, 6.45) is 1.25. The predicted octanol–water partition coefficient (Wildman–Crippen LogP) is 1.20. The lowest BCUT2D eigenvalue weighted by molar-refractivity contribution is -0.140. The summed E-state index contributed by atoms with van der Waals surface area (Å²) >= 11 is 0. The predicted molar refractivity (Wildman–Crippen MR) is 65.5 cm³/mol. The second-order valence-corrected chi connectivity index (χ2v) is 3.78. The van der Waals surface area contributed by atoms with Crippen molar-refractivity contribution >= 4 is 12.0 Å². The lowest BCUT2D eigenvalue weighted by atomic mass is 9.99. The van der Waals surface area contributed by atoms with Crippen LogP contribution in [0.3, 0.4) is 0 Å². The highest BCUT2D eigenvalue weighted by Crippen LogP contribution is 2.07. The van der Waals surface area contributed by atoms with Gasteiger partial charge in [-0.15, -0.1) is 11.8 Å². The van der Waals surface area contributed by atoms with Crippen LogP contribution in [0.15, 0.2) is 0 Å². The SMILES string of the molecule is CC#CCCNC(=O)NC(C(=O)O)C(C)CC. The van der Waals surface area contributed by atoms with Gasteiger partial charge < -0.3 is 15.7 Å². The molecule has 0 heterocycles. The fourth-order valence-corrected chi connectivity index (χ4v) is 1.24. The Morgan fingerprint density at radius 2 is 2.06 bits per heavy atom. The van der Waals surface area contributed by atoms with E-state index in [1.165, 1.54) is 0 Å². The smallest absolute Gasteiger partial charge is 0.326 e. The Kier molecular flexibility index (Phi) is 7.61. The Morgan fingerprint density at radius 1 is 1.41 bits per heavy atom. The molecule has 0 fully saturated rings. The van der Waals surface area contributed by atoms with Crippen LogP contribution in [-0.4, -0.2) is 29.7 Å². The molecular formula is C12H20N2O3. The zero-order valence-electron chi connectivity index (χ0n) is 10.5.